The highest BCUT2D eigenvalue weighted by Crippen LogP contribution is 2.40. The first-order valence-electron chi connectivity index (χ1n) is 6.88. The van der Waals surface area contributed by atoms with Gasteiger partial charge in [0.2, 0.25) is 0 Å². The maximum Gasteiger partial charge on any atom is 0.0564 e. The van der Waals surface area contributed by atoms with Crippen molar-refractivity contribution in [3.63, 3.8) is 0 Å². The van der Waals surface area contributed by atoms with Crippen LogP contribution in [0.4, 0.5) is 0 Å². The molecule has 94 valence electrons. The van der Waals surface area contributed by atoms with E-state index >= 15 is 0 Å². The summed E-state index contributed by atoms with van der Waals surface area (Å²) in [5, 5.41) is 9.55. The van der Waals surface area contributed by atoms with Gasteiger partial charge in [0.05, 0.1) is 6.10 Å². The van der Waals surface area contributed by atoms with E-state index in [1.807, 2.05) is 0 Å². The summed E-state index contributed by atoms with van der Waals surface area (Å²) in [5.74, 6) is 0.862. The van der Waals surface area contributed by atoms with Gasteiger partial charge in [0, 0.05) is 19.1 Å². The number of hydrogen-bond donors (Lipinski definition) is 1. The zero-order valence-corrected chi connectivity index (χ0v) is 11.1. The molecule has 2 atom stereocenters. The Hall–Kier alpha value is -0.0800. The molecule has 2 heteroatoms. The van der Waals surface area contributed by atoms with Crippen LogP contribution in [0.1, 0.15) is 52.9 Å². The van der Waals surface area contributed by atoms with Crippen molar-refractivity contribution in [2.45, 2.75) is 65.0 Å². The van der Waals surface area contributed by atoms with Gasteiger partial charge in [0.1, 0.15) is 0 Å². The van der Waals surface area contributed by atoms with E-state index in [0.29, 0.717) is 5.41 Å². The number of nitrogens with zero attached hydrogens (tertiary/aromatic N) is 1. The van der Waals surface area contributed by atoms with Gasteiger partial charge < -0.3 is 10.0 Å². The van der Waals surface area contributed by atoms with Gasteiger partial charge in [0.15, 0.2) is 0 Å². The fourth-order valence-corrected chi connectivity index (χ4v) is 3.82. The first kappa shape index (κ1) is 12.4. The summed E-state index contributed by atoms with van der Waals surface area (Å²) in [5.41, 5.74) is 0.512. The molecule has 0 aromatic carbocycles. The molecule has 0 aromatic rings. The second kappa shape index (κ2) is 4.66. The molecule has 2 nitrogen and oxygen atoms in total. The van der Waals surface area contributed by atoms with Crippen LogP contribution in [-0.4, -0.2) is 35.2 Å². The lowest BCUT2D eigenvalue weighted by atomic mass is 9.70. The minimum atomic E-state index is -0.0368. The number of aliphatic hydroxyl groups is 1. The molecule has 1 saturated heterocycles. The highest BCUT2D eigenvalue weighted by atomic mass is 16.3. The summed E-state index contributed by atoms with van der Waals surface area (Å²) in [6, 6.07) is 0.770. The molecule has 0 aromatic heterocycles. The fourth-order valence-electron chi connectivity index (χ4n) is 3.82. The Balaban J connectivity index is 1.93. The molecule has 16 heavy (non-hydrogen) atoms. The van der Waals surface area contributed by atoms with Crippen LogP contribution in [-0.2, 0) is 0 Å². The highest BCUT2D eigenvalue weighted by molar-refractivity contribution is 4.89. The van der Waals surface area contributed by atoms with Crippen LogP contribution in [0.15, 0.2) is 0 Å². The van der Waals surface area contributed by atoms with Crippen molar-refractivity contribution < 1.29 is 5.11 Å². The lowest BCUT2D eigenvalue weighted by molar-refractivity contribution is 0.0186. The van der Waals surface area contributed by atoms with Crippen molar-refractivity contribution in [3.05, 3.63) is 0 Å². The van der Waals surface area contributed by atoms with E-state index in [1.54, 1.807) is 0 Å². The molecule has 0 amide bonds. The van der Waals surface area contributed by atoms with Crippen molar-refractivity contribution in [2.75, 3.05) is 13.1 Å². The van der Waals surface area contributed by atoms with Crippen LogP contribution in [0.3, 0.4) is 0 Å². The van der Waals surface area contributed by atoms with Gasteiger partial charge >= 0.3 is 0 Å². The number of aliphatic hydroxyl groups excluding tert-OH is 1. The van der Waals surface area contributed by atoms with Crippen molar-refractivity contribution in [3.8, 4) is 0 Å². The molecular weight excluding hydrogens is 198 g/mol. The van der Waals surface area contributed by atoms with Crippen molar-refractivity contribution >= 4 is 0 Å². The smallest absolute Gasteiger partial charge is 0.0564 e. The van der Waals surface area contributed by atoms with Crippen LogP contribution < -0.4 is 0 Å². The average Bonchev–Trinajstić information content (AvgIpc) is 2.15. The van der Waals surface area contributed by atoms with Gasteiger partial charge in [0.25, 0.3) is 0 Å². The van der Waals surface area contributed by atoms with Crippen LogP contribution in [0.5, 0.6) is 0 Å². The minimum Gasteiger partial charge on any atom is -0.393 e. The van der Waals surface area contributed by atoms with Crippen LogP contribution in [0.25, 0.3) is 0 Å². The van der Waals surface area contributed by atoms with Crippen LogP contribution >= 0.6 is 0 Å². The molecule has 2 fully saturated rings. The van der Waals surface area contributed by atoms with Gasteiger partial charge in [-0.1, -0.05) is 20.8 Å². The molecule has 1 N–H and O–H groups in total. The Labute approximate surface area is 100 Å². The fraction of sp³-hybridized carbons (Fsp3) is 1.00. The van der Waals surface area contributed by atoms with Crippen molar-refractivity contribution in [1.29, 1.82) is 0 Å². The summed E-state index contributed by atoms with van der Waals surface area (Å²) in [7, 11) is 0. The highest BCUT2D eigenvalue weighted by Gasteiger charge is 2.35. The molecule has 0 bridgehead atoms. The van der Waals surface area contributed by atoms with Crippen molar-refractivity contribution in [1.82, 2.24) is 4.90 Å². The second-order valence-corrected chi connectivity index (χ2v) is 6.83. The van der Waals surface area contributed by atoms with Gasteiger partial charge in [-0.25, -0.2) is 0 Å². The summed E-state index contributed by atoms with van der Waals surface area (Å²) in [4.78, 5) is 2.63. The van der Waals surface area contributed by atoms with E-state index in [1.165, 1.54) is 19.3 Å². The van der Waals surface area contributed by atoms with E-state index in [0.717, 1.165) is 37.9 Å². The summed E-state index contributed by atoms with van der Waals surface area (Å²) in [6.07, 6.45) is 5.99. The van der Waals surface area contributed by atoms with E-state index in [4.69, 9.17) is 0 Å². The molecule has 2 aliphatic rings. The Bertz CT molecular complexity index is 231. The lowest BCUT2D eigenvalue weighted by Crippen LogP contribution is -2.47. The quantitative estimate of drug-likeness (QED) is 0.741. The molecule has 1 saturated carbocycles. The molecule has 1 aliphatic carbocycles. The van der Waals surface area contributed by atoms with E-state index in [9.17, 15) is 5.11 Å². The third-order valence-corrected chi connectivity index (χ3v) is 4.38. The third kappa shape index (κ3) is 2.98. The van der Waals surface area contributed by atoms with Gasteiger partial charge in [-0.05, 0) is 43.4 Å². The topological polar surface area (TPSA) is 23.5 Å². The normalized spacial score (nSPS) is 37.5. The maximum absolute atomic E-state index is 9.55. The average molecular weight is 225 g/mol. The van der Waals surface area contributed by atoms with Gasteiger partial charge in [-0.2, -0.15) is 0 Å². The Morgan fingerprint density at radius 1 is 1.12 bits per heavy atom. The predicted molar refractivity (Wildman–Crippen MR) is 67.4 cm³/mol. The molecule has 1 aliphatic heterocycles. The summed E-state index contributed by atoms with van der Waals surface area (Å²) < 4.78 is 0. The first-order valence-corrected chi connectivity index (χ1v) is 6.88. The van der Waals surface area contributed by atoms with E-state index in [-0.39, 0.29) is 6.10 Å². The van der Waals surface area contributed by atoms with E-state index in [2.05, 4.69) is 25.7 Å². The SMILES string of the molecule is C[C@H]1C[C@H](N2CCC(O)CC2)CC(C)(C)C1. The first-order chi connectivity index (χ1) is 7.46. The van der Waals surface area contributed by atoms with Crippen molar-refractivity contribution in [2.24, 2.45) is 11.3 Å². The standard InChI is InChI=1S/C14H27NO/c1-11-8-12(10-14(2,3)9-11)15-6-4-13(16)5-7-15/h11-13,16H,4-10H2,1-3H3/t11-,12-/m0/s1. The van der Waals surface area contributed by atoms with Crippen LogP contribution in [0, 0.1) is 11.3 Å². The molecule has 0 unspecified atom stereocenters. The Kier molecular flexibility index (Phi) is 3.60. The molecular formula is C14H27NO. The predicted octanol–water partition coefficient (Wildman–Crippen LogP) is 2.66. The lowest BCUT2D eigenvalue weighted by Gasteiger charge is -2.45. The molecule has 0 spiro atoms. The Morgan fingerprint density at radius 3 is 2.31 bits per heavy atom. The zero-order chi connectivity index (χ0) is 11.8. The zero-order valence-electron chi connectivity index (χ0n) is 11.1. The molecule has 0 radical (unpaired) electrons. The number of hydrogen-bond acceptors (Lipinski definition) is 2. The molecule has 1 heterocycles. The maximum atomic E-state index is 9.55. The molecule has 2 rings (SSSR count). The minimum absolute atomic E-state index is 0.0368. The largest absolute Gasteiger partial charge is 0.393 e. The third-order valence-electron chi connectivity index (χ3n) is 4.38. The summed E-state index contributed by atoms with van der Waals surface area (Å²) >= 11 is 0. The van der Waals surface area contributed by atoms with E-state index < -0.39 is 0 Å². The van der Waals surface area contributed by atoms with Gasteiger partial charge in [-0.3, -0.25) is 0 Å². The second-order valence-electron chi connectivity index (χ2n) is 6.83. The van der Waals surface area contributed by atoms with Gasteiger partial charge in [-0.15, -0.1) is 0 Å². The number of likely N-dealkylation sites (tertiary alicyclic amines) is 1. The Morgan fingerprint density at radius 2 is 1.75 bits per heavy atom. The number of rotatable bonds is 1. The summed E-state index contributed by atoms with van der Waals surface area (Å²) in [6.45, 7) is 9.43. The van der Waals surface area contributed by atoms with Crippen LogP contribution in [0.2, 0.25) is 0 Å². The monoisotopic (exact) mass is 225 g/mol. The number of piperidine rings is 1.